The second-order valence-electron chi connectivity index (χ2n) is 5.25. The number of nitrogens with one attached hydrogen (secondary N) is 1. The lowest BCUT2D eigenvalue weighted by Gasteiger charge is -2.26. The summed E-state index contributed by atoms with van der Waals surface area (Å²) in [6, 6.07) is 6.90. The molecule has 6 heteroatoms. The summed E-state index contributed by atoms with van der Waals surface area (Å²) in [5, 5.41) is 12.0. The molecule has 0 fully saturated rings. The van der Waals surface area contributed by atoms with Gasteiger partial charge in [-0.15, -0.1) is 0 Å². The molecule has 1 heterocycles. The number of amides is 1. The minimum atomic E-state index is -1.15. The fraction of sp³-hybridized carbons (Fsp3) is 0.385. The third-order valence-electron chi connectivity index (χ3n) is 2.54. The van der Waals surface area contributed by atoms with Crippen molar-refractivity contribution < 1.29 is 19.4 Å². The van der Waals surface area contributed by atoms with Gasteiger partial charge in [0.05, 0.1) is 11.4 Å². The van der Waals surface area contributed by atoms with Crippen LogP contribution in [0.4, 0.5) is 16.2 Å². The first-order valence-corrected chi connectivity index (χ1v) is 5.90. The van der Waals surface area contributed by atoms with Crippen molar-refractivity contribution in [1.82, 2.24) is 0 Å². The summed E-state index contributed by atoms with van der Waals surface area (Å²) in [6.45, 7) is 5.20. The topological polar surface area (TPSA) is 78.9 Å². The molecule has 1 aromatic rings. The lowest BCUT2D eigenvalue weighted by Crippen LogP contribution is -2.47. The predicted octanol–water partition coefficient (Wildman–Crippen LogP) is 2.26. The smallest absolute Gasteiger partial charge is 0.417 e. The van der Waals surface area contributed by atoms with Crippen LogP contribution in [0, 0.1) is 0 Å². The maximum absolute atomic E-state index is 12.1. The third kappa shape index (κ3) is 2.62. The number of benzene rings is 1. The molecule has 2 N–H and O–H groups in total. The van der Waals surface area contributed by atoms with Gasteiger partial charge in [0.15, 0.2) is 0 Å². The summed E-state index contributed by atoms with van der Waals surface area (Å²) < 4.78 is 5.24. The summed E-state index contributed by atoms with van der Waals surface area (Å²) in [6.07, 6.45) is -1.83. The number of carbonyl (C=O) groups excluding carboxylic acids is 1. The van der Waals surface area contributed by atoms with E-state index in [9.17, 15) is 14.7 Å². The first kappa shape index (κ1) is 13.2. The molecular formula is C13H16N2O4. The standard InChI is InChI=1S/C13H16N2O4/c1-13(2,3)19-12(18)15-9-7-5-4-6-8(9)14-10(15)11(16)17/h4-7,10,14H,1-3H3,(H,16,17). The second-order valence-corrected chi connectivity index (χ2v) is 5.25. The Morgan fingerprint density at radius 2 is 1.95 bits per heavy atom. The molecule has 0 aromatic heterocycles. The van der Waals surface area contributed by atoms with Gasteiger partial charge < -0.3 is 15.2 Å². The Kier molecular flexibility index (Phi) is 3.09. The number of nitrogens with zero attached hydrogens (tertiary/aromatic N) is 1. The van der Waals surface area contributed by atoms with Crippen molar-refractivity contribution in [2.24, 2.45) is 0 Å². The maximum atomic E-state index is 12.1. The third-order valence-corrected chi connectivity index (χ3v) is 2.54. The van der Waals surface area contributed by atoms with E-state index >= 15 is 0 Å². The van der Waals surface area contributed by atoms with Gasteiger partial charge in [0, 0.05) is 0 Å². The van der Waals surface area contributed by atoms with E-state index in [1.165, 1.54) is 0 Å². The van der Waals surface area contributed by atoms with Crippen LogP contribution in [-0.4, -0.2) is 28.9 Å². The zero-order chi connectivity index (χ0) is 14.2. The molecule has 6 nitrogen and oxygen atoms in total. The van der Waals surface area contributed by atoms with Crippen LogP contribution in [0.15, 0.2) is 24.3 Å². The average Bonchev–Trinajstić information content (AvgIpc) is 2.65. The number of carbonyl (C=O) groups is 2. The maximum Gasteiger partial charge on any atom is 0.417 e. The Balaban J connectivity index is 2.34. The van der Waals surface area contributed by atoms with Crippen LogP contribution in [0.25, 0.3) is 0 Å². The van der Waals surface area contributed by atoms with Crippen LogP contribution in [0.5, 0.6) is 0 Å². The normalized spacial score (nSPS) is 17.6. The molecule has 1 aliphatic heterocycles. The van der Waals surface area contributed by atoms with Gasteiger partial charge in [-0.3, -0.25) is 0 Å². The first-order valence-electron chi connectivity index (χ1n) is 5.90. The SMILES string of the molecule is CC(C)(C)OC(=O)N1c2ccccc2NC1C(=O)O. The van der Waals surface area contributed by atoms with E-state index in [1.807, 2.05) is 0 Å². The summed E-state index contributed by atoms with van der Waals surface area (Å²) >= 11 is 0. The fourth-order valence-corrected chi connectivity index (χ4v) is 1.84. The average molecular weight is 264 g/mol. The van der Waals surface area contributed by atoms with Gasteiger partial charge in [0.25, 0.3) is 0 Å². The Morgan fingerprint density at radius 3 is 2.53 bits per heavy atom. The highest BCUT2D eigenvalue weighted by Gasteiger charge is 2.40. The van der Waals surface area contributed by atoms with Crippen LogP contribution in [0.3, 0.4) is 0 Å². The van der Waals surface area contributed by atoms with Gasteiger partial charge in [-0.1, -0.05) is 12.1 Å². The summed E-state index contributed by atoms with van der Waals surface area (Å²) in [5.74, 6) is -1.14. The molecule has 1 amide bonds. The van der Waals surface area contributed by atoms with E-state index in [-0.39, 0.29) is 0 Å². The molecule has 102 valence electrons. The number of carboxylic acids is 1. The highest BCUT2D eigenvalue weighted by molar-refractivity contribution is 6.03. The lowest BCUT2D eigenvalue weighted by molar-refractivity contribution is -0.137. The van der Waals surface area contributed by atoms with Crippen LogP contribution >= 0.6 is 0 Å². The number of hydrogen-bond donors (Lipinski definition) is 2. The molecule has 0 aliphatic carbocycles. The van der Waals surface area contributed by atoms with Crippen LogP contribution < -0.4 is 10.2 Å². The molecule has 1 atom stereocenters. The monoisotopic (exact) mass is 264 g/mol. The van der Waals surface area contributed by atoms with Crippen LogP contribution in [-0.2, 0) is 9.53 Å². The predicted molar refractivity (Wildman–Crippen MR) is 70.2 cm³/mol. The van der Waals surface area contributed by atoms with Crippen molar-refractivity contribution in [3.05, 3.63) is 24.3 Å². The Bertz CT molecular complexity index is 522. The molecule has 0 radical (unpaired) electrons. The van der Waals surface area contributed by atoms with Crippen molar-refractivity contribution in [2.75, 3.05) is 10.2 Å². The zero-order valence-corrected chi connectivity index (χ0v) is 11.0. The molecule has 0 bridgehead atoms. The highest BCUT2D eigenvalue weighted by Crippen LogP contribution is 2.35. The lowest BCUT2D eigenvalue weighted by atomic mass is 10.2. The van der Waals surface area contributed by atoms with E-state index in [0.717, 1.165) is 4.90 Å². The molecular weight excluding hydrogens is 248 g/mol. The number of fused-ring (bicyclic) bond motifs is 1. The number of aliphatic carboxylic acids is 1. The second kappa shape index (κ2) is 4.46. The molecule has 0 spiro atoms. The van der Waals surface area contributed by atoms with E-state index in [1.54, 1.807) is 45.0 Å². The largest absolute Gasteiger partial charge is 0.478 e. The zero-order valence-electron chi connectivity index (χ0n) is 11.0. The van der Waals surface area contributed by atoms with Gasteiger partial charge in [-0.2, -0.15) is 0 Å². The molecule has 0 saturated heterocycles. The summed E-state index contributed by atoms with van der Waals surface area (Å²) in [5.41, 5.74) is 0.419. The van der Waals surface area contributed by atoms with E-state index in [4.69, 9.17) is 4.74 Å². The number of ether oxygens (including phenoxy) is 1. The quantitative estimate of drug-likeness (QED) is 0.813. The first-order chi connectivity index (χ1) is 8.79. The van der Waals surface area contributed by atoms with Gasteiger partial charge >= 0.3 is 12.1 Å². The number of para-hydroxylation sites is 2. The Morgan fingerprint density at radius 1 is 1.32 bits per heavy atom. The van der Waals surface area contributed by atoms with E-state index in [0.29, 0.717) is 11.4 Å². The van der Waals surface area contributed by atoms with E-state index in [2.05, 4.69) is 5.32 Å². The van der Waals surface area contributed by atoms with Crippen molar-refractivity contribution >= 4 is 23.4 Å². The van der Waals surface area contributed by atoms with Crippen LogP contribution in [0.2, 0.25) is 0 Å². The Hall–Kier alpha value is -2.24. The van der Waals surface area contributed by atoms with Crippen molar-refractivity contribution in [3.8, 4) is 0 Å². The minimum Gasteiger partial charge on any atom is -0.478 e. The molecule has 2 rings (SSSR count). The van der Waals surface area contributed by atoms with Crippen molar-refractivity contribution in [2.45, 2.75) is 32.5 Å². The molecule has 19 heavy (non-hydrogen) atoms. The summed E-state index contributed by atoms with van der Waals surface area (Å²) in [4.78, 5) is 24.5. The van der Waals surface area contributed by atoms with Gasteiger partial charge in [0.1, 0.15) is 5.60 Å². The molecule has 0 saturated carbocycles. The van der Waals surface area contributed by atoms with Crippen molar-refractivity contribution in [3.63, 3.8) is 0 Å². The fourth-order valence-electron chi connectivity index (χ4n) is 1.84. The van der Waals surface area contributed by atoms with Gasteiger partial charge in [-0.25, -0.2) is 14.5 Å². The van der Waals surface area contributed by atoms with Gasteiger partial charge in [0.2, 0.25) is 6.17 Å². The Labute approximate surface area is 111 Å². The molecule has 1 aliphatic rings. The minimum absolute atomic E-state index is 0.504. The van der Waals surface area contributed by atoms with Crippen LogP contribution in [0.1, 0.15) is 20.8 Å². The summed E-state index contributed by atoms with van der Waals surface area (Å²) in [7, 11) is 0. The molecule has 1 aromatic carbocycles. The number of rotatable bonds is 1. The number of carboxylic acid groups (broad SMARTS) is 1. The number of hydrogen-bond acceptors (Lipinski definition) is 4. The van der Waals surface area contributed by atoms with E-state index < -0.39 is 23.8 Å². The number of anilines is 2. The van der Waals surface area contributed by atoms with Crippen molar-refractivity contribution in [1.29, 1.82) is 0 Å². The van der Waals surface area contributed by atoms with Gasteiger partial charge in [-0.05, 0) is 32.9 Å². The highest BCUT2D eigenvalue weighted by atomic mass is 16.6. The molecule has 1 unspecified atom stereocenters.